The van der Waals surface area contributed by atoms with E-state index in [4.69, 9.17) is 18.8 Å². The van der Waals surface area contributed by atoms with E-state index in [1.54, 1.807) is 12.1 Å². The summed E-state index contributed by atoms with van der Waals surface area (Å²) in [5.41, 5.74) is -0.397. The van der Waals surface area contributed by atoms with Gasteiger partial charge in [0.2, 0.25) is 5.91 Å². The Morgan fingerprint density at radius 3 is 2.49 bits per heavy atom. The Kier molecular flexibility index (Phi) is 9.07. The predicted octanol–water partition coefficient (Wildman–Crippen LogP) is 4.89. The van der Waals surface area contributed by atoms with Crippen molar-refractivity contribution in [1.82, 2.24) is 15.1 Å². The number of carbonyl (C=O) groups is 2. The minimum atomic E-state index is -0.789. The highest BCUT2D eigenvalue weighted by molar-refractivity contribution is 6.47. The Bertz CT molecular complexity index is 1460. The molecule has 3 saturated carbocycles. The average molecular weight is 679 g/mol. The van der Waals surface area contributed by atoms with Gasteiger partial charge in [0, 0.05) is 24.7 Å². The van der Waals surface area contributed by atoms with Gasteiger partial charge in [-0.05, 0) is 107 Å². The molecule has 4 heterocycles. The van der Waals surface area contributed by atoms with Crippen molar-refractivity contribution < 1.29 is 32.8 Å². The van der Waals surface area contributed by atoms with Gasteiger partial charge in [-0.25, -0.2) is 9.18 Å². The lowest BCUT2D eigenvalue weighted by Crippen LogP contribution is -2.65. The zero-order valence-corrected chi connectivity index (χ0v) is 29.7. The van der Waals surface area contributed by atoms with Crippen LogP contribution in [0.25, 0.3) is 0 Å². The molecule has 0 aromatic heterocycles. The zero-order chi connectivity index (χ0) is 34.8. The Balaban J connectivity index is 1.03. The molecule has 0 unspecified atom stereocenters. The number of nitrogens with zero attached hydrogens (tertiary/aromatic N) is 3. The smallest absolute Gasteiger partial charge is 0.447 e. The van der Waals surface area contributed by atoms with E-state index in [9.17, 15) is 19.2 Å². The Labute approximate surface area is 290 Å². The van der Waals surface area contributed by atoms with Crippen LogP contribution in [0.2, 0.25) is 0 Å². The number of alkyl carbamates (subject to hydrolysis) is 1. The van der Waals surface area contributed by atoms with E-state index in [2.05, 4.69) is 50.9 Å². The number of hydrogen-bond acceptors (Lipinski definition) is 8. The minimum Gasteiger partial charge on any atom is -0.447 e. The molecule has 3 aliphatic carbocycles. The van der Waals surface area contributed by atoms with Crippen LogP contribution in [0.1, 0.15) is 85.1 Å². The molecular formula is C37H52BFN4O6. The summed E-state index contributed by atoms with van der Waals surface area (Å²) in [5, 5.41) is 13.3. The quantitative estimate of drug-likeness (QED) is 0.348. The molecular weight excluding hydrogens is 626 g/mol. The fourth-order valence-corrected chi connectivity index (χ4v) is 10.4. The topological polar surface area (TPSA) is 113 Å². The second-order valence-corrected chi connectivity index (χ2v) is 17.0. The largest absolute Gasteiger partial charge is 0.482 e. The molecule has 49 heavy (non-hydrogen) atoms. The number of ether oxygens (including phenoxy) is 2. The van der Waals surface area contributed by atoms with Gasteiger partial charge in [-0.3, -0.25) is 9.69 Å². The summed E-state index contributed by atoms with van der Waals surface area (Å²) < 4.78 is 38.5. The normalized spacial score (nSPS) is 34.5. The highest BCUT2D eigenvalue weighted by Gasteiger charge is 2.68. The van der Waals surface area contributed by atoms with Crippen LogP contribution in [0, 0.1) is 40.3 Å². The molecule has 7 aliphatic rings. The molecule has 4 aliphatic heterocycles. The number of morpholine rings is 1. The summed E-state index contributed by atoms with van der Waals surface area (Å²) in [6.45, 7) is 13.8. The van der Waals surface area contributed by atoms with Crippen molar-refractivity contribution in [3.05, 3.63) is 35.6 Å². The molecule has 1 N–H and O–H groups in total. The lowest BCUT2D eigenvalue weighted by molar-refractivity contribution is -0.199. The van der Waals surface area contributed by atoms with Gasteiger partial charge < -0.3 is 29.0 Å². The molecule has 6 atom stereocenters. The molecule has 1 aromatic rings. The van der Waals surface area contributed by atoms with Crippen molar-refractivity contribution in [2.24, 2.45) is 23.2 Å². The van der Waals surface area contributed by atoms with Crippen LogP contribution in [0.4, 0.5) is 9.18 Å². The van der Waals surface area contributed by atoms with E-state index in [0.717, 1.165) is 57.2 Å². The highest BCUT2D eigenvalue weighted by atomic mass is 19.1. The molecule has 10 nitrogen and oxygen atoms in total. The first kappa shape index (κ1) is 34.7. The summed E-state index contributed by atoms with van der Waals surface area (Å²) >= 11 is 0. The lowest BCUT2D eigenvalue weighted by Gasteiger charge is -2.64. The van der Waals surface area contributed by atoms with Gasteiger partial charge in [-0.1, -0.05) is 26.0 Å². The van der Waals surface area contributed by atoms with Crippen molar-refractivity contribution in [3.8, 4) is 6.07 Å². The van der Waals surface area contributed by atoms with Gasteiger partial charge in [-0.2, -0.15) is 5.26 Å². The molecule has 2 amide bonds. The molecule has 4 saturated heterocycles. The van der Waals surface area contributed by atoms with E-state index in [0.29, 0.717) is 37.9 Å². The summed E-state index contributed by atoms with van der Waals surface area (Å²) in [4.78, 5) is 31.9. The van der Waals surface area contributed by atoms with Crippen molar-refractivity contribution >= 4 is 19.1 Å². The summed E-state index contributed by atoms with van der Waals surface area (Å²) in [6, 6.07) is 8.63. The fourth-order valence-electron chi connectivity index (χ4n) is 10.4. The van der Waals surface area contributed by atoms with E-state index in [1.807, 2.05) is 4.90 Å². The maximum atomic E-state index is 14.1. The number of nitriles is 1. The van der Waals surface area contributed by atoms with E-state index in [-0.39, 0.29) is 41.4 Å². The van der Waals surface area contributed by atoms with Crippen molar-refractivity contribution in [3.63, 3.8) is 0 Å². The van der Waals surface area contributed by atoms with Crippen LogP contribution in [0.3, 0.4) is 0 Å². The Hall–Kier alpha value is -2.72. The number of carbonyl (C=O) groups excluding carboxylic acids is 2. The second-order valence-electron chi connectivity index (χ2n) is 17.0. The molecule has 4 bridgehead atoms. The second kappa shape index (κ2) is 12.8. The van der Waals surface area contributed by atoms with Crippen LogP contribution in [-0.2, 0) is 30.0 Å². The Morgan fingerprint density at radius 1 is 1.14 bits per heavy atom. The van der Waals surface area contributed by atoms with Crippen LogP contribution >= 0.6 is 0 Å². The SMILES string of the molecule is CC1(C)[C@@H]2C[C@H]3OB([C@H](Cc4ccc(F)cc4)NC(=O)OCC45CCC(CC4)N5C(=O)[C@@H](C#N)CC(C)(C)N4CCOCC4)O[C@@]3(C)[C@H]1C2. The number of amides is 2. The third-order valence-corrected chi connectivity index (χ3v) is 13.5. The van der Waals surface area contributed by atoms with Crippen LogP contribution < -0.4 is 5.32 Å². The van der Waals surface area contributed by atoms with Crippen LogP contribution in [0.5, 0.6) is 0 Å². The number of fused-ring (bicyclic) bond motifs is 2. The molecule has 0 radical (unpaired) electrons. The van der Waals surface area contributed by atoms with Gasteiger partial charge in [0.05, 0.1) is 42.5 Å². The predicted molar refractivity (Wildman–Crippen MR) is 181 cm³/mol. The number of benzene rings is 1. The summed E-state index contributed by atoms with van der Waals surface area (Å²) in [5.74, 6) is -0.890. The third-order valence-electron chi connectivity index (χ3n) is 13.5. The van der Waals surface area contributed by atoms with E-state index < -0.39 is 36.2 Å². The molecule has 7 fully saturated rings. The van der Waals surface area contributed by atoms with E-state index >= 15 is 0 Å². The molecule has 0 spiro atoms. The van der Waals surface area contributed by atoms with Crippen molar-refractivity contribution in [2.75, 3.05) is 32.9 Å². The first-order valence-corrected chi connectivity index (χ1v) is 18.3. The monoisotopic (exact) mass is 678 g/mol. The van der Waals surface area contributed by atoms with Gasteiger partial charge in [0.25, 0.3) is 0 Å². The first-order chi connectivity index (χ1) is 23.3. The fraction of sp³-hybridized carbons (Fsp3) is 0.757. The number of halogens is 1. The number of nitrogens with one attached hydrogen (secondary N) is 1. The summed E-state index contributed by atoms with van der Waals surface area (Å²) in [6.07, 6.45) is 5.29. The van der Waals surface area contributed by atoms with Gasteiger partial charge >= 0.3 is 13.2 Å². The van der Waals surface area contributed by atoms with Crippen LogP contribution in [-0.4, -0.2) is 96.6 Å². The molecule has 12 heteroatoms. The highest BCUT2D eigenvalue weighted by Crippen LogP contribution is 2.65. The summed E-state index contributed by atoms with van der Waals surface area (Å²) in [7, 11) is -0.687. The zero-order valence-electron chi connectivity index (χ0n) is 29.7. The van der Waals surface area contributed by atoms with Crippen molar-refractivity contribution in [2.45, 2.75) is 121 Å². The maximum absolute atomic E-state index is 14.1. The van der Waals surface area contributed by atoms with Gasteiger partial charge in [0.1, 0.15) is 18.3 Å². The average Bonchev–Trinajstić information content (AvgIpc) is 3.76. The van der Waals surface area contributed by atoms with Gasteiger partial charge in [-0.15, -0.1) is 0 Å². The Morgan fingerprint density at radius 2 is 1.84 bits per heavy atom. The minimum absolute atomic E-state index is 0.0487. The molecule has 1 aromatic carbocycles. The standard InChI is InChI=1S/C37H52BFN4O6/c1-34(2,42-14-16-46-17-15-42)21-25(22-40)32(44)43-28-10-12-37(43,13-11-28)23-47-33(45)41-31(18-24-6-8-27(39)9-7-24)38-48-30-20-26-19-29(35(26,3)4)36(30,5)49-38/h6-9,25-26,28-31H,10-21,23H2,1-5H3,(H,41,45)/t25-,26+,28?,29+,30-,31+,36+,37?/m1/s1. The maximum Gasteiger partial charge on any atom is 0.482 e. The molecule has 8 rings (SSSR count). The first-order valence-electron chi connectivity index (χ1n) is 18.3. The van der Waals surface area contributed by atoms with Crippen molar-refractivity contribution in [1.29, 1.82) is 5.26 Å². The third kappa shape index (κ3) is 6.17. The number of rotatable bonds is 10. The molecule has 266 valence electrons. The number of hydrogen-bond donors (Lipinski definition) is 1. The van der Waals surface area contributed by atoms with E-state index in [1.165, 1.54) is 12.1 Å². The van der Waals surface area contributed by atoms with Gasteiger partial charge in [0.15, 0.2) is 0 Å². The lowest BCUT2D eigenvalue weighted by atomic mass is 9.43. The van der Waals surface area contributed by atoms with Crippen LogP contribution in [0.15, 0.2) is 24.3 Å².